The third-order valence-corrected chi connectivity index (χ3v) is 4.13. The zero-order chi connectivity index (χ0) is 16.2. The molecule has 0 amide bonds. The van der Waals surface area contributed by atoms with Gasteiger partial charge in [0.25, 0.3) is 0 Å². The summed E-state index contributed by atoms with van der Waals surface area (Å²) in [5.74, 6) is 0.585. The molecular formula is C18H19FN4. The van der Waals surface area contributed by atoms with Crippen molar-refractivity contribution in [1.29, 1.82) is 5.26 Å². The minimum atomic E-state index is -0.201. The van der Waals surface area contributed by atoms with E-state index in [1.165, 1.54) is 12.1 Å². The first-order chi connectivity index (χ1) is 11.2. The highest BCUT2D eigenvalue weighted by Gasteiger charge is 2.20. The van der Waals surface area contributed by atoms with Crippen LogP contribution in [0.15, 0.2) is 36.4 Å². The molecule has 118 valence electrons. The van der Waals surface area contributed by atoms with Gasteiger partial charge in [0.15, 0.2) is 0 Å². The maximum atomic E-state index is 13.0. The first kappa shape index (κ1) is 15.4. The maximum Gasteiger partial charge on any atom is 0.146 e. The average molecular weight is 310 g/mol. The highest BCUT2D eigenvalue weighted by atomic mass is 19.1. The Morgan fingerprint density at radius 2 is 1.78 bits per heavy atom. The summed E-state index contributed by atoms with van der Waals surface area (Å²) in [5.41, 5.74) is 2.67. The molecule has 1 fully saturated rings. The van der Waals surface area contributed by atoms with Gasteiger partial charge in [0.1, 0.15) is 17.7 Å². The molecule has 0 spiro atoms. The maximum absolute atomic E-state index is 13.0. The largest absolute Gasteiger partial charge is 0.353 e. The molecule has 2 heterocycles. The molecule has 5 heteroatoms. The van der Waals surface area contributed by atoms with E-state index in [2.05, 4.69) is 20.9 Å². The Morgan fingerprint density at radius 1 is 1.09 bits per heavy atom. The Balaban J connectivity index is 1.63. The van der Waals surface area contributed by atoms with Crippen molar-refractivity contribution >= 4 is 5.82 Å². The summed E-state index contributed by atoms with van der Waals surface area (Å²) in [4.78, 5) is 9.04. The molecule has 0 saturated carbocycles. The molecule has 1 aliphatic heterocycles. The molecule has 0 bridgehead atoms. The number of nitriles is 1. The smallest absolute Gasteiger partial charge is 0.146 e. The number of hydrogen-bond acceptors (Lipinski definition) is 4. The molecule has 0 aliphatic carbocycles. The van der Waals surface area contributed by atoms with E-state index in [4.69, 9.17) is 0 Å². The van der Waals surface area contributed by atoms with Crippen molar-refractivity contribution in [2.75, 3.05) is 31.1 Å². The standard InChI is InChI=1S/C18H19FN4/c1-14-2-5-16(12-20)18(21-14)23-10-8-22(9-11-23)13-15-3-6-17(19)7-4-15/h2-7H,8-11,13H2,1H3. The first-order valence-electron chi connectivity index (χ1n) is 7.75. The van der Waals surface area contributed by atoms with E-state index >= 15 is 0 Å². The Kier molecular flexibility index (Phi) is 4.54. The highest BCUT2D eigenvalue weighted by molar-refractivity contribution is 5.54. The normalized spacial score (nSPS) is 15.4. The van der Waals surface area contributed by atoms with Gasteiger partial charge in [0, 0.05) is 38.4 Å². The minimum absolute atomic E-state index is 0.201. The second kappa shape index (κ2) is 6.76. The number of nitrogens with zero attached hydrogens (tertiary/aromatic N) is 4. The summed E-state index contributed by atoms with van der Waals surface area (Å²) in [6, 6.07) is 12.6. The molecule has 1 aromatic carbocycles. The molecule has 4 nitrogen and oxygen atoms in total. The molecule has 1 aliphatic rings. The zero-order valence-corrected chi connectivity index (χ0v) is 13.2. The lowest BCUT2D eigenvalue weighted by molar-refractivity contribution is 0.249. The van der Waals surface area contributed by atoms with Crippen molar-refractivity contribution in [1.82, 2.24) is 9.88 Å². The molecule has 23 heavy (non-hydrogen) atoms. The van der Waals surface area contributed by atoms with Crippen LogP contribution in [0.25, 0.3) is 0 Å². The number of aryl methyl sites for hydroxylation is 1. The molecule has 0 radical (unpaired) electrons. The van der Waals surface area contributed by atoms with E-state index in [0.29, 0.717) is 5.56 Å². The van der Waals surface area contributed by atoms with Crippen molar-refractivity contribution in [2.45, 2.75) is 13.5 Å². The summed E-state index contributed by atoms with van der Waals surface area (Å²) in [6.45, 7) is 6.24. The fraction of sp³-hybridized carbons (Fsp3) is 0.333. The number of aromatic nitrogens is 1. The number of pyridine rings is 1. The van der Waals surface area contributed by atoms with Crippen LogP contribution in [0, 0.1) is 24.1 Å². The predicted octanol–water partition coefficient (Wildman–Crippen LogP) is 2.72. The summed E-state index contributed by atoms with van der Waals surface area (Å²) in [7, 11) is 0. The summed E-state index contributed by atoms with van der Waals surface area (Å²) in [6.07, 6.45) is 0. The van der Waals surface area contributed by atoms with Crippen molar-refractivity contribution in [2.24, 2.45) is 0 Å². The van der Waals surface area contributed by atoms with Gasteiger partial charge in [-0.1, -0.05) is 12.1 Å². The van der Waals surface area contributed by atoms with E-state index < -0.39 is 0 Å². The highest BCUT2D eigenvalue weighted by Crippen LogP contribution is 2.20. The van der Waals surface area contributed by atoms with Crippen molar-refractivity contribution in [3.63, 3.8) is 0 Å². The Hall–Kier alpha value is -2.45. The summed E-state index contributed by atoms with van der Waals surface area (Å²) in [5, 5.41) is 9.25. The molecule has 1 saturated heterocycles. The van der Waals surface area contributed by atoms with Gasteiger partial charge in [-0.2, -0.15) is 5.26 Å². The molecule has 0 N–H and O–H groups in total. The zero-order valence-electron chi connectivity index (χ0n) is 13.2. The van der Waals surface area contributed by atoms with E-state index in [1.54, 1.807) is 0 Å². The van der Waals surface area contributed by atoms with Gasteiger partial charge in [0.05, 0.1) is 5.56 Å². The van der Waals surface area contributed by atoms with E-state index in [9.17, 15) is 9.65 Å². The van der Waals surface area contributed by atoms with Crippen molar-refractivity contribution in [3.8, 4) is 6.07 Å². The third-order valence-electron chi connectivity index (χ3n) is 4.13. The number of rotatable bonds is 3. The average Bonchev–Trinajstić information content (AvgIpc) is 2.58. The Bertz CT molecular complexity index is 713. The molecule has 0 unspecified atom stereocenters. The van der Waals surface area contributed by atoms with Gasteiger partial charge in [-0.05, 0) is 36.8 Å². The lowest BCUT2D eigenvalue weighted by Gasteiger charge is -2.35. The van der Waals surface area contributed by atoms with Gasteiger partial charge in [-0.25, -0.2) is 9.37 Å². The van der Waals surface area contributed by atoms with Crippen molar-refractivity contribution in [3.05, 3.63) is 59.0 Å². The van der Waals surface area contributed by atoms with Crippen molar-refractivity contribution < 1.29 is 4.39 Å². The molecule has 3 rings (SSSR count). The van der Waals surface area contributed by atoms with Crippen LogP contribution in [0.3, 0.4) is 0 Å². The summed E-state index contributed by atoms with van der Waals surface area (Å²) < 4.78 is 13.0. The van der Waals surface area contributed by atoms with Gasteiger partial charge >= 0.3 is 0 Å². The number of hydrogen-bond donors (Lipinski definition) is 0. The predicted molar refractivity (Wildman–Crippen MR) is 87.6 cm³/mol. The van der Waals surface area contributed by atoms with Crippen LogP contribution in [0.1, 0.15) is 16.8 Å². The fourth-order valence-corrected chi connectivity index (χ4v) is 2.84. The molecule has 0 atom stereocenters. The lowest BCUT2D eigenvalue weighted by atomic mass is 10.2. The Labute approximate surface area is 135 Å². The number of piperazine rings is 1. The first-order valence-corrected chi connectivity index (χ1v) is 7.75. The van der Waals surface area contributed by atoms with Crippen LogP contribution >= 0.6 is 0 Å². The van der Waals surface area contributed by atoms with Crippen LogP contribution in [-0.4, -0.2) is 36.1 Å². The van der Waals surface area contributed by atoms with Crippen LogP contribution in [0.2, 0.25) is 0 Å². The van der Waals surface area contributed by atoms with E-state index in [-0.39, 0.29) is 5.82 Å². The van der Waals surface area contributed by atoms with Crippen LogP contribution < -0.4 is 4.90 Å². The van der Waals surface area contributed by atoms with Gasteiger partial charge in [-0.15, -0.1) is 0 Å². The minimum Gasteiger partial charge on any atom is -0.353 e. The SMILES string of the molecule is Cc1ccc(C#N)c(N2CCN(Cc3ccc(F)cc3)CC2)n1. The lowest BCUT2D eigenvalue weighted by Crippen LogP contribution is -2.46. The monoisotopic (exact) mass is 310 g/mol. The third kappa shape index (κ3) is 3.66. The second-order valence-corrected chi connectivity index (χ2v) is 5.83. The Morgan fingerprint density at radius 3 is 2.43 bits per heavy atom. The van der Waals surface area contributed by atoms with Gasteiger partial charge < -0.3 is 4.90 Å². The number of benzene rings is 1. The molecule has 2 aromatic rings. The quantitative estimate of drug-likeness (QED) is 0.874. The van der Waals surface area contributed by atoms with Crippen LogP contribution in [0.5, 0.6) is 0 Å². The number of anilines is 1. The van der Waals surface area contributed by atoms with Gasteiger partial charge in [0.2, 0.25) is 0 Å². The molecule has 1 aromatic heterocycles. The summed E-state index contributed by atoms with van der Waals surface area (Å²) >= 11 is 0. The fourth-order valence-electron chi connectivity index (χ4n) is 2.84. The second-order valence-electron chi connectivity index (χ2n) is 5.83. The molecular weight excluding hydrogens is 291 g/mol. The van der Waals surface area contributed by atoms with Gasteiger partial charge in [-0.3, -0.25) is 4.90 Å². The van der Waals surface area contributed by atoms with Crippen LogP contribution in [0.4, 0.5) is 10.2 Å². The van der Waals surface area contributed by atoms with E-state index in [1.807, 2.05) is 31.2 Å². The van der Waals surface area contributed by atoms with E-state index in [0.717, 1.165) is 49.8 Å². The number of halogens is 1. The van der Waals surface area contributed by atoms with Crippen LogP contribution in [-0.2, 0) is 6.54 Å². The topological polar surface area (TPSA) is 43.2 Å².